The van der Waals surface area contributed by atoms with Gasteiger partial charge in [0.05, 0.1) is 36.0 Å². The lowest BCUT2D eigenvalue weighted by Crippen LogP contribution is -2.12. The Labute approximate surface area is 243 Å². The lowest BCUT2D eigenvalue weighted by molar-refractivity contribution is 0.0508. The molecule has 0 atom stereocenters. The number of nitrogens with two attached hydrogens (primary N) is 1. The number of halogens is 1. The number of nitrogen functional groups attached to an aromatic ring is 1. The number of anilines is 1. The Morgan fingerprint density at radius 2 is 1.30 bits per heavy atom. The highest BCUT2D eigenvalue weighted by Crippen LogP contribution is 2.35. The molecule has 0 bridgehead atoms. The van der Waals surface area contributed by atoms with Crippen LogP contribution in [-0.2, 0) is 49.3 Å². The number of carbonyl (C=O) groups excluding carboxylic acids is 2. The normalized spacial score (nSPS) is 12.7. The summed E-state index contributed by atoms with van der Waals surface area (Å²) >= 11 is 2.09. The van der Waals surface area contributed by atoms with Crippen molar-refractivity contribution < 1.29 is 19.1 Å². The summed E-state index contributed by atoms with van der Waals surface area (Å²) in [5.74, 6) is -0.540. The van der Waals surface area contributed by atoms with Crippen LogP contribution in [0.4, 0.5) is 5.95 Å². The zero-order valence-corrected chi connectivity index (χ0v) is 24.7. The van der Waals surface area contributed by atoms with E-state index in [1.807, 2.05) is 13.2 Å². The molecule has 0 unspecified atom stereocenters. The van der Waals surface area contributed by atoms with E-state index < -0.39 is 5.97 Å². The first-order chi connectivity index (χ1) is 19.2. The molecule has 0 fully saturated rings. The molecule has 2 N–H and O–H groups in total. The summed E-state index contributed by atoms with van der Waals surface area (Å²) in [4.78, 5) is 40.9. The molecule has 4 aromatic rings. The van der Waals surface area contributed by atoms with Crippen LogP contribution in [0.3, 0.4) is 0 Å². The van der Waals surface area contributed by atoms with Gasteiger partial charge in [-0.1, -0.05) is 0 Å². The SMILES string of the molecule is CCOC(=O)c1nn(C)c2c1CCc1cnc(I)nc1-2.CCOC(=O)c1nn(C)c2c1CCc1cnc(N)nc1-2. The van der Waals surface area contributed by atoms with E-state index in [-0.39, 0.29) is 11.9 Å². The average molecular weight is 657 g/mol. The summed E-state index contributed by atoms with van der Waals surface area (Å²) in [6.07, 6.45) is 6.64. The monoisotopic (exact) mass is 657 g/mol. The lowest BCUT2D eigenvalue weighted by Gasteiger charge is -2.16. The molecule has 4 heterocycles. The third-order valence-corrected chi connectivity index (χ3v) is 7.20. The van der Waals surface area contributed by atoms with Crippen molar-refractivity contribution in [1.82, 2.24) is 39.5 Å². The maximum absolute atomic E-state index is 12.0. The van der Waals surface area contributed by atoms with Crippen LogP contribution in [-0.4, -0.2) is 64.6 Å². The van der Waals surface area contributed by atoms with Crippen molar-refractivity contribution >= 4 is 40.5 Å². The van der Waals surface area contributed by atoms with Gasteiger partial charge in [0.15, 0.2) is 15.2 Å². The Bertz CT molecular complexity index is 1510. The fourth-order valence-corrected chi connectivity index (χ4v) is 5.41. The fraction of sp³-hybridized carbons (Fsp3) is 0.385. The fourth-order valence-electron chi connectivity index (χ4n) is 5.03. The van der Waals surface area contributed by atoms with Crippen molar-refractivity contribution in [2.75, 3.05) is 18.9 Å². The van der Waals surface area contributed by atoms with Gasteiger partial charge in [-0.3, -0.25) is 9.36 Å². The van der Waals surface area contributed by atoms with Gasteiger partial charge in [0.1, 0.15) is 0 Å². The molecule has 13 nitrogen and oxygen atoms in total. The molecular weight excluding hydrogens is 629 g/mol. The number of rotatable bonds is 4. The van der Waals surface area contributed by atoms with Crippen molar-refractivity contribution in [1.29, 1.82) is 0 Å². The molecule has 2 aliphatic carbocycles. The van der Waals surface area contributed by atoms with E-state index in [0.29, 0.717) is 28.4 Å². The van der Waals surface area contributed by atoms with Crippen LogP contribution in [0, 0.1) is 3.83 Å². The van der Waals surface area contributed by atoms with Gasteiger partial charge in [-0.25, -0.2) is 29.5 Å². The topological polar surface area (TPSA) is 166 Å². The van der Waals surface area contributed by atoms with Gasteiger partial charge in [0.2, 0.25) is 5.95 Å². The Morgan fingerprint density at radius 1 is 0.825 bits per heavy atom. The van der Waals surface area contributed by atoms with E-state index in [0.717, 1.165) is 70.7 Å². The van der Waals surface area contributed by atoms with Crippen LogP contribution < -0.4 is 5.73 Å². The zero-order chi connectivity index (χ0) is 28.6. The van der Waals surface area contributed by atoms with Crippen LogP contribution in [0.1, 0.15) is 57.1 Å². The van der Waals surface area contributed by atoms with E-state index in [4.69, 9.17) is 15.2 Å². The molecule has 0 aliphatic heterocycles. The number of ether oxygens (including phenoxy) is 2. The highest BCUT2D eigenvalue weighted by Gasteiger charge is 2.30. The molecule has 14 heteroatoms. The Hall–Kier alpha value is -3.95. The van der Waals surface area contributed by atoms with E-state index in [2.05, 4.69) is 52.7 Å². The first kappa shape index (κ1) is 27.6. The number of carbonyl (C=O) groups is 2. The standard InChI is InChI=1S/C13H13IN4O2.C13H15N5O2/c2*1-3-20-12(19)10-8-5-4-7-6-15-13(14)16-9(7)11(8)18(2)17-10/h6H,3-5H2,1-2H3;6H,3-5H2,1-2H3,(H2,14,15,16). The minimum Gasteiger partial charge on any atom is -0.461 e. The third-order valence-electron chi connectivity index (χ3n) is 6.68. The molecule has 40 heavy (non-hydrogen) atoms. The predicted molar refractivity (Wildman–Crippen MR) is 152 cm³/mol. The van der Waals surface area contributed by atoms with E-state index >= 15 is 0 Å². The van der Waals surface area contributed by atoms with Gasteiger partial charge < -0.3 is 15.2 Å². The van der Waals surface area contributed by atoms with Crippen molar-refractivity contribution in [3.05, 3.63) is 49.9 Å². The highest BCUT2D eigenvalue weighted by atomic mass is 127. The quantitative estimate of drug-likeness (QED) is 0.195. The van der Waals surface area contributed by atoms with Gasteiger partial charge in [-0.2, -0.15) is 10.2 Å². The van der Waals surface area contributed by atoms with Crippen LogP contribution >= 0.6 is 22.6 Å². The Kier molecular flexibility index (Phi) is 7.78. The molecule has 0 radical (unpaired) electrons. The summed E-state index contributed by atoms with van der Waals surface area (Å²) in [6, 6.07) is 0. The molecule has 0 spiro atoms. The second-order valence-corrected chi connectivity index (χ2v) is 10.1. The number of fused-ring (bicyclic) bond motifs is 6. The largest absolute Gasteiger partial charge is 0.461 e. The second-order valence-electron chi connectivity index (χ2n) is 9.15. The van der Waals surface area contributed by atoms with Crippen molar-refractivity contribution in [3.8, 4) is 22.8 Å². The number of esters is 2. The first-order valence-electron chi connectivity index (χ1n) is 12.8. The molecule has 0 saturated heterocycles. The number of aryl methyl sites for hydroxylation is 4. The zero-order valence-electron chi connectivity index (χ0n) is 22.6. The van der Waals surface area contributed by atoms with Crippen LogP contribution in [0.25, 0.3) is 22.8 Å². The molecular formula is C26H28IN9O4. The van der Waals surface area contributed by atoms with Gasteiger partial charge in [0, 0.05) is 60.2 Å². The smallest absolute Gasteiger partial charge is 0.359 e. The van der Waals surface area contributed by atoms with Gasteiger partial charge >= 0.3 is 11.9 Å². The third kappa shape index (κ3) is 5.02. The summed E-state index contributed by atoms with van der Waals surface area (Å²) in [5.41, 5.74) is 13.7. The average Bonchev–Trinajstić information content (AvgIpc) is 3.46. The highest BCUT2D eigenvalue weighted by molar-refractivity contribution is 14.1. The maximum atomic E-state index is 12.0. The van der Waals surface area contributed by atoms with E-state index in [1.165, 1.54) is 0 Å². The molecule has 0 saturated carbocycles. The Balaban J connectivity index is 0.000000161. The summed E-state index contributed by atoms with van der Waals surface area (Å²) in [7, 11) is 3.61. The van der Waals surface area contributed by atoms with Crippen molar-refractivity contribution in [2.24, 2.45) is 14.1 Å². The minimum absolute atomic E-state index is 0.218. The first-order valence-corrected chi connectivity index (χ1v) is 13.9. The van der Waals surface area contributed by atoms with Crippen molar-refractivity contribution in [2.45, 2.75) is 39.5 Å². The van der Waals surface area contributed by atoms with Crippen molar-refractivity contribution in [3.63, 3.8) is 0 Å². The molecule has 6 rings (SSSR count). The molecule has 0 aromatic carbocycles. The molecule has 208 valence electrons. The molecule has 0 amide bonds. The molecule has 2 aliphatic rings. The molecule has 4 aromatic heterocycles. The van der Waals surface area contributed by atoms with E-state index in [9.17, 15) is 9.59 Å². The number of aromatic nitrogens is 8. The maximum Gasteiger partial charge on any atom is 0.359 e. The summed E-state index contributed by atoms with van der Waals surface area (Å²) < 4.78 is 14.2. The predicted octanol–water partition coefficient (Wildman–Crippen LogP) is 2.49. The number of nitrogens with zero attached hydrogens (tertiary/aromatic N) is 8. The van der Waals surface area contributed by atoms with Crippen LogP contribution in [0.2, 0.25) is 0 Å². The summed E-state index contributed by atoms with van der Waals surface area (Å²) in [5, 5.41) is 8.60. The van der Waals surface area contributed by atoms with Crippen LogP contribution in [0.15, 0.2) is 12.4 Å². The summed E-state index contributed by atoms with van der Waals surface area (Å²) in [6.45, 7) is 4.24. The number of hydrogen-bond acceptors (Lipinski definition) is 11. The number of hydrogen-bond donors (Lipinski definition) is 1. The second kappa shape index (κ2) is 11.3. The van der Waals surface area contributed by atoms with E-state index in [1.54, 1.807) is 36.5 Å². The lowest BCUT2D eigenvalue weighted by atomic mass is 9.93. The minimum atomic E-state index is -0.394. The van der Waals surface area contributed by atoms with Gasteiger partial charge in [-0.05, 0) is 50.7 Å². The van der Waals surface area contributed by atoms with Gasteiger partial charge in [0.25, 0.3) is 0 Å². The Morgan fingerprint density at radius 3 is 1.80 bits per heavy atom. The van der Waals surface area contributed by atoms with Gasteiger partial charge in [-0.15, -0.1) is 0 Å². The van der Waals surface area contributed by atoms with Crippen LogP contribution in [0.5, 0.6) is 0 Å².